The summed E-state index contributed by atoms with van der Waals surface area (Å²) < 4.78 is 0. The van der Waals surface area contributed by atoms with Gasteiger partial charge in [-0.25, -0.2) is 0 Å². The number of rotatable bonds is 6. The SMILES string of the molecule is CC1(C(=O)Nc2cccc3c2CCCC3)CCN1C(=O)CC(c1ccccc1)c1ccccc1. The molecule has 34 heavy (non-hydrogen) atoms. The van der Waals surface area contributed by atoms with Gasteiger partial charge in [-0.2, -0.15) is 0 Å². The molecule has 2 aliphatic rings. The molecule has 3 aromatic carbocycles. The number of hydrogen-bond acceptors (Lipinski definition) is 2. The maximum atomic E-state index is 13.5. The Bertz CT molecular complexity index is 1140. The number of hydrogen-bond donors (Lipinski definition) is 1. The molecular weight excluding hydrogens is 420 g/mol. The first-order valence-corrected chi connectivity index (χ1v) is 12.4. The van der Waals surface area contributed by atoms with E-state index in [4.69, 9.17) is 0 Å². The molecule has 3 aromatic rings. The fourth-order valence-corrected chi connectivity index (χ4v) is 5.43. The highest BCUT2D eigenvalue weighted by Gasteiger charge is 2.49. The largest absolute Gasteiger partial charge is 0.328 e. The zero-order valence-electron chi connectivity index (χ0n) is 19.8. The molecule has 1 N–H and O–H groups in total. The van der Waals surface area contributed by atoms with Crippen molar-refractivity contribution in [2.45, 2.75) is 56.9 Å². The summed E-state index contributed by atoms with van der Waals surface area (Å²) in [6.45, 7) is 2.52. The van der Waals surface area contributed by atoms with Crippen LogP contribution in [-0.2, 0) is 22.4 Å². The molecule has 1 atom stereocenters. The molecule has 1 aliphatic carbocycles. The zero-order valence-corrected chi connectivity index (χ0v) is 19.8. The summed E-state index contributed by atoms with van der Waals surface area (Å²) in [7, 11) is 0. The molecule has 0 aromatic heterocycles. The van der Waals surface area contributed by atoms with Gasteiger partial charge in [0.2, 0.25) is 11.8 Å². The Morgan fingerprint density at radius 1 is 0.882 bits per heavy atom. The number of likely N-dealkylation sites (tertiary alicyclic amines) is 1. The molecule has 2 amide bonds. The number of nitrogens with one attached hydrogen (secondary N) is 1. The van der Waals surface area contributed by atoms with E-state index in [1.807, 2.05) is 55.5 Å². The fourth-order valence-electron chi connectivity index (χ4n) is 5.43. The van der Waals surface area contributed by atoms with Gasteiger partial charge in [-0.1, -0.05) is 72.8 Å². The lowest BCUT2D eigenvalue weighted by Crippen LogP contribution is -2.66. The van der Waals surface area contributed by atoms with Gasteiger partial charge in [-0.3, -0.25) is 9.59 Å². The Kier molecular flexibility index (Phi) is 6.23. The van der Waals surface area contributed by atoms with Crippen LogP contribution in [0.1, 0.15) is 60.8 Å². The van der Waals surface area contributed by atoms with E-state index in [2.05, 4.69) is 35.6 Å². The van der Waals surface area contributed by atoms with Crippen molar-refractivity contribution in [3.05, 3.63) is 101 Å². The highest BCUT2D eigenvalue weighted by molar-refractivity contribution is 6.02. The third-order valence-corrected chi connectivity index (χ3v) is 7.63. The van der Waals surface area contributed by atoms with Crippen LogP contribution < -0.4 is 5.32 Å². The van der Waals surface area contributed by atoms with Gasteiger partial charge in [-0.05, 0) is 67.3 Å². The molecule has 0 saturated carbocycles. The van der Waals surface area contributed by atoms with E-state index >= 15 is 0 Å². The van der Waals surface area contributed by atoms with Crippen molar-refractivity contribution in [1.82, 2.24) is 4.90 Å². The van der Waals surface area contributed by atoms with Crippen LogP contribution in [0.15, 0.2) is 78.9 Å². The maximum absolute atomic E-state index is 13.5. The Morgan fingerprint density at radius 2 is 1.53 bits per heavy atom. The van der Waals surface area contributed by atoms with Gasteiger partial charge in [0.05, 0.1) is 0 Å². The van der Waals surface area contributed by atoms with Crippen LogP contribution in [0.25, 0.3) is 0 Å². The van der Waals surface area contributed by atoms with E-state index in [0.29, 0.717) is 19.4 Å². The zero-order chi connectivity index (χ0) is 23.5. The number of fused-ring (bicyclic) bond motifs is 1. The van der Waals surface area contributed by atoms with Crippen LogP contribution in [0.2, 0.25) is 0 Å². The molecule has 4 heteroatoms. The van der Waals surface area contributed by atoms with Crippen molar-refractivity contribution < 1.29 is 9.59 Å². The van der Waals surface area contributed by atoms with E-state index in [-0.39, 0.29) is 17.7 Å². The van der Waals surface area contributed by atoms with Gasteiger partial charge >= 0.3 is 0 Å². The molecule has 0 radical (unpaired) electrons. The Labute approximate surface area is 202 Å². The smallest absolute Gasteiger partial charge is 0.250 e. The number of benzene rings is 3. The van der Waals surface area contributed by atoms with Gasteiger partial charge in [0, 0.05) is 24.6 Å². The minimum Gasteiger partial charge on any atom is -0.328 e. The third kappa shape index (κ3) is 4.25. The van der Waals surface area contributed by atoms with Crippen molar-refractivity contribution in [3.63, 3.8) is 0 Å². The molecule has 1 saturated heterocycles. The maximum Gasteiger partial charge on any atom is 0.250 e. The lowest BCUT2D eigenvalue weighted by molar-refractivity contribution is -0.154. The number of carbonyl (C=O) groups is 2. The van der Waals surface area contributed by atoms with Gasteiger partial charge in [0.25, 0.3) is 0 Å². The number of aryl methyl sites for hydroxylation is 1. The highest BCUT2D eigenvalue weighted by Crippen LogP contribution is 2.37. The topological polar surface area (TPSA) is 49.4 Å². The number of nitrogens with zero attached hydrogens (tertiary/aromatic N) is 1. The first-order chi connectivity index (χ1) is 16.6. The van der Waals surface area contributed by atoms with E-state index in [9.17, 15) is 9.59 Å². The molecule has 5 rings (SSSR count). The van der Waals surface area contributed by atoms with Crippen LogP contribution in [-0.4, -0.2) is 28.8 Å². The molecule has 0 spiro atoms. The van der Waals surface area contributed by atoms with E-state index in [1.54, 1.807) is 4.90 Å². The molecule has 174 valence electrons. The van der Waals surface area contributed by atoms with Gasteiger partial charge in [-0.15, -0.1) is 0 Å². The average Bonchev–Trinajstić information content (AvgIpc) is 2.87. The number of anilines is 1. The first-order valence-electron chi connectivity index (χ1n) is 12.4. The number of carbonyl (C=O) groups excluding carboxylic acids is 2. The predicted molar refractivity (Wildman–Crippen MR) is 136 cm³/mol. The minimum absolute atomic E-state index is 0.0247. The normalized spacial score (nSPS) is 19.3. The molecule has 0 bridgehead atoms. The summed E-state index contributed by atoms with van der Waals surface area (Å²) in [6.07, 6.45) is 5.46. The molecular formula is C30H32N2O2. The fraction of sp³-hybridized carbons (Fsp3) is 0.333. The standard InChI is InChI=1S/C30H32N2O2/c1-30(29(34)31-27-18-10-16-22-15-8-9-17-25(22)27)19-20-32(30)28(33)21-26(23-11-4-2-5-12-23)24-13-6-3-7-14-24/h2-7,10-14,16,18,26H,8-9,15,17,19-21H2,1H3,(H,31,34). The van der Waals surface area contributed by atoms with E-state index < -0.39 is 5.54 Å². The summed E-state index contributed by atoms with van der Waals surface area (Å²) in [6, 6.07) is 26.5. The molecule has 1 fully saturated rings. The summed E-state index contributed by atoms with van der Waals surface area (Å²) in [5.74, 6) is -0.0947. The van der Waals surface area contributed by atoms with Gasteiger partial charge in [0.15, 0.2) is 0 Å². The van der Waals surface area contributed by atoms with Crippen LogP contribution in [0.5, 0.6) is 0 Å². The van der Waals surface area contributed by atoms with Crippen LogP contribution in [0.3, 0.4) is 0 Å². The summed E-state index contributed by atoms with van der Waals surface area (Å²) in [4.78, 5) is 28.7. The molecule has 4 nitrogen and oxygen atoms in total. The Morgan fingerprint density at radius 3 is 2.15 bits per heavy atom. The van der Waals surface area contributed by atoms with E-state index in [1.165, 1.54) is 17.5 Å². The number of amides is 2. The summed E-state index contributed by atoms with van der Waals surface area (Å²) in [5, 5.41) is 3.18. The van der Waals surface area contributed by atoms with Crippen molar-refractivity contribution in [2.24, 2.45) is 0 Å². The van der Waals surface area contributed by atoms with Crippen LogP contribution in [0.4, 0.5) is 5.69 Å². The predicted octanol–water partition coefficient (Wildman–Crippen LogP) is 5.72. The second kappa shape index (κ2) is 9.46. The monoisotopic (exact) mass is 452 g/mol. The Balaban J connectivity index is 1.34. The van der Waals surface area contributed by atoms with Gasteiger partial charge in [0.1, 0.15) is 5.54 Å². The third-order valence-electron chi connectivity index (χ3n) is 7.63. The Hall–Kier alpha value is -3.40. The molecule has 1 unspecified atom stereocenters. The summed E-state index contributed by atoms with van der Waals surface area (Å²) in [5.41, 5.74) is 4.93. The van der Waals surface area contributed by atoms with E-state index in [0.717, 1.165) is 36.1 Å². The van der Waals surface area contributed by atoms with Gasteiger partial charge < -0.3 is 10.2 Å². The van der Waals surface area contributed by atoms with Crippen LogP contribution >= 0.6 is 0 Å². The lowest BCUT2D eigenvalue weighted by Gasteiger charge is -2.49. The van der Waals surface area contributed by atoms with Crippen molar-refractivity contribution in [3.8, 4) is 0 Å². The second-order valence-electron chi connectivity index (χ2n) is 9.75. The average molecular weight is 453 g/mol. The second-order valence-corrected chi connectivity index (χ2v) is 9.75. The summed E-state index contributed by atoms with van der Waals surface area (Å²) >= 11 is 0. The van der Waals surface area contributed by atoms with Crippen LogP contribution in [0, 0.1) is 0 Å². The van der Waals surface area contributed by atoms with Crippen molar-refractivity contribution in [2.75, 3.05) is 11.9 Å². The minimum atomic E-state index is -0.813. The first kappa shape index (κ1) is 22.4. The lowest BCUT2D eigenvalue weighted by atomic mass is 9.82. The molecule has 1 heterocycles. The quantitative estimate of drug-likeness (QED) is 0.520. The highest BCUT2D eigenvalue weighted by atomic mass is 16.2. The molecule has 1 aliphatic heterocycles. The van der Waals surface area contributed by atoms with Crippen molar-refractivity contribution in [1.29, 1.82) is 0 Å². The van der Waals surface area contributed by atoms with Crippen molar-refractivity contribution >= 4 is 17.5 Å².